The maximum atomic E-state index is 5.92. The number of hydrogen-bond acceptors (Lipinski definition) is 5. The van der Waals surface area contributed by atoms with E-state index in [1.54, 1.807) is 13.3 Å². The second-order valence-corrected chi connectivity index (χ2v) is 7.56. The van der Waals surface area contributed by atoms with Gasteiger partial charge in [0.2, 0.25) is 5.89 Å². The molecule has 7 heteroatoms. The number of guanidine groups is 1. The van der Waals surface area contributed by atoms with Crippen molar-refractivity contribution in [3.8, 4) is 17.1 Å². The number of ether oxygens (including phenoxy) is 1. The van der Waals surface area contributed by atoms with Crippen LogP contribution in [0.25, 0.3) is 11.3 Å². The van der Waals surface area contributed by atoms with E-state index in [-0.39, 0.29) is 0 Å². The zero-order valence-corrected chi connectivity index (χ0v) is 18.3. The number of nitrogens with one attached hydrogen (secondary N) is 1. The summed E-state index contributed by atoms with van der Waals surface area (Å²) in [6.07, 6.45) is 1.78. The van der Waals surface area contributed by atoms with E-state index in [9.17, 15) is 0 Å². The van der Waals surface area contributed by atoms with E-state index in [1.165, 1.54) is 11.3 Å². The molecule has 4 rings (SSSR count). The van der Waals surface area contributed by atoms with Gasteiger partial charge in [0.25, 0.3) is 0 Å². The topological polar surface area (TPSA) is 66.1 Å². The molecule has 0 amide bonds. The van der Waals surface area contributed by atoms with E-state index >= 15 is 0 Å². The number of nitrogens with zero attached hydrogens (tertiary/aromatic N) is 4. The van der Waals surface area contributed by atoms with Gasteiger partial charge in [-0.05, 0) is 31.2 Å². The molecule has 0 saturated carbocycles. The lowest BCUT2D eigenvalue weighted by atomic mass is 10.1. The first kappa shape index (κ1) is 20.8. The van der Waals surface area contributed by atoms with E-state index in [2.05, 4.69) is 56.3 Å². The maximum Gasteiger partial charge on any atom is 0.214 e. The molecule has 1 fully saturated rings. The highest BCUT2D eigenvalue weighted by molar-refractivity contribution is 5.80. The van der Waals surface area contributed by atoms with Crippen molar-refractivity contribution in [2.75, 3.05) is 45.2 Å². The zero-order chi connectivity index (χ0) is 21.6. The van der Waals surface area contributed by atoms with Gasteiger partial charge in [0.05, 0.1) is 19.9 Å². The lowest BCUT2D eigenvalue weighted by Gasteiger charge is -2.37. The number of benzene rings is 2. The summed E-state index contributed by atoms with van der Waals surface area (Å²) < 4.78 is 11.2. The molecule has 2 heterocycles. The number of methoxy groups -OCH3 is 1. The number of aryl methyl sites for hydroxylation is 1. The number of aliphatic imine (C=N–C) groups is 1. The largest absolute Gasteiger partial charge is 0.497 e. The number of piperazine rings is 1. The van der Waals surface area contributed by atoms with Crippen LogP contribution in [-0.2, 0) is 6.54 Å². The summed E-state index contributed by atoms with van der Waals surface area (Å²) in [4.78, 5) is 13.5. The molecule has 0 radical (unpaired) electrons. The molecule has 7 nitrogen and oxygen atoms in total. The Morgan fingerprint density at radius 2 is 1.77 bits per heavy atom. The molecule has 0 atom stereocenters. The van der Waals surface area contributed by atoms with E-state index in [4.69, 9.17) is 9.15 Å². The normalized spacial score (nSPS) is 14.6. The van der Waals surface area contributed by atoms with E-state index < -0.39 is 0 Å². The highest BCUT2D eigenvalue weighted by atomic mass is 16.5. The molecule has 0 unspecified atom stereocenters. The first-order chi connectivity index (χ1) is 15.2. The zero-order valence-electron chi connectivity index (χ0n) is 18.3. The first-order valence-corrected chi connectivity index (χ1v) is 10.5. The van der Waals surface area contributed by atoms with Crippen LogP contribution >= 0.6 is 0 Å². The van der Waals surface area contributed by atoms with Crippen LogP contribution in [0.15, 0.2) is 64.1 Å². The third-order valence-corrected chi connectivity index (χ3v) is 5.52. The third kappa shape index (κ3) is 4.99. The molecular weight excluding hydrogens is 390 g/mol. The summed E-state index contributed by atoms with van der Waals surface area (Å²) in [6, 6.07) is 16.5. The highest BCUT2D eigenvalue weighted by Crippen LogP contribution is 2.22. The lowest BCUT2D eigenvalue weighted by Crippen LogP contribution is -2.52. The third-order valence-electron chi connectivity index (χ3n) is 5.52. The van der Waals surface area contributed by atoms with Gasteiger partial charge in [0.1, 0.15) is 5.75 Å². The van der Waals surface area contributed by atoms with Gasteiger partial charge in [-0.25, -0.2) is 4.98 Å². The second kappa shape index (κ2) is 9.55. The van der Waals surface area contributed by atoms with Gasteiger partial charge in [0, 0.05) is 44.5 Å². The van der Waals surface area contributed by atoms with Crippen LogP contribution in [0.2, 0.25) is 0 Å². The Morgan fingerprint density at radius 1 is 1.06 bits per heavy atom. The second-order valence-electron chi connectivity index (χ2n) is 7.56. The molecule has 1 aromatic heterocycles. The Balaban J connectivity index is 1.30. The Labute approximate surface area is 183 Å². The Morgan fingerprint density at radius 3 is 2.42 bits per heavy atom. The fourth-order valence-electron chi connectivity index (χ4n) is 3.70. The molecule has 31 heavy (non-hydrogen) atoms. The number of hydrogen-bond donors (Lipinski definition) is 1. The smallest absolute Gasteiger partial charge is 0.214 e. The SMILES string of the molecule is CN=C(NCc1ncc(-c2ccc(C)cc2)o1)N1CCN(c2ccc(OC)cc2)CC1. The standard InChI is InChI=1S/C24H29N5O2/c1-18-4-6-19(7-5-18)22-16-26-23(31-22)17-27-24(25-2)29-14-12-28(13-15-29)20-8-10-21(30-3)11-9-20/h4-11,16H,12-15,17H2,1-3H3,(H,25,27). The van der Waals surface area contributed by atoms with Crippen molar-refractivity contribution >= 4 is 11.6 Å². The first-order valence-electron chi connectivity index (χ1n) is 10.5. The lowest BCUT2D eigenvalue weighted by molar-refractivity contribution is 0.369. The van der Waals surface area contributed by atoms with Crippen molar-refractivity contribution < 1.29 is 9.15 Å². The van der Waals surface area contributed by atoms with Crippen LogP contribution in [0.4, 0.5) is 5.69 Å². The van der Waals surface area contributed by atoms with E-state index in [0.29, 0.717) is 12.4 Å². The molecule has 0 bridgehead atoms. The van der Waals surface area contributed by atoms with Crippen LogP contribution in [0.5, 0.6) is 5.75 Å². The van der Waals surface area contributed by atoms with Crippen LogP contribution in [-0.4, -0.2) is 56.2 Å². The van der Waals surface area contributed by atoms with Crippen LogP contribution in [0, 0.1) is 6.92 Å². The van der Waals surface area contributed by atoms with E-state index in [0.717, 1.165) is 49.2 Å². The van der Waals surface area contributed by atoms with Gasteiger partial charge in [-0.3, -0.25) is 4.99 Å². The van der Waals surface area contributed by atoms with Crippen LogP contribution in [0.3, 0.4) is 0 Å². The minimum absolute atomic E-state index is 0.497. The molecule has 2 aromatic carbocycles. The Hall–Kier alpha value is -3.48. The van der Waals surface area contributed by atoms with Crippen molar-refractivity contribution in [2.24, 2.45) is 4.99 Å². The van der Waals surface area contributed by atoms with Crippen molar-refractivity contribution in [3.05, 3.63) is 66.2 Å². The number of rotatable bonds is 5. The van der Waals surface area contributed by atoms with Crippen molar-refractivity contribution in [1.82, 2.24) is 15.2 Å². The number of oxazole rings is 1. The van der Waals surface area contributed by atoms with Crippen molar-refractivity contribution in [3.63, 3.8) is 0 Å². The van der Waals surface area contributed by atoms with E-state index in [1.807, 2.05) is 31.3 Å². The monoisotopic (exact) mass is 419 g/mol. The summed E-state index contributed by atoms with van der Waals surface area (Å²) in [6.45, 7) is 6.23. The Kier molecular flexibility index (Phi) is 6.40. The molecule has 1 aliphatic rings. The van der Waals surface area contributed by atoms with Crippen molar-refractivity contribution in [1.29, 1.82) is 0 Å². The predicted molar refractivity (Wildman–Crippen MR) is 124 cm³/mol. The van der Waals surface area contributed by atoms with Gasteiger partial charge in [0.15, 0.2) is 11.7 Å². The number of aromatic nitrogens is 1. The maximum absolute atomic E-state index is 5.92. The average Bonchev–Trinajstić information content (AvgIpc) is 3.29. The fourth-order valence-corrected chi connectivity index (χ4v) is 3.70. The predicted octanol–water partition coefficient (Wildman–Crippen LogP) is 3.56. The molecule has 3 aromatic rings. The minimum atomic E-state index is 0.497. The minimum Gasteiger partial charge on any atom is -0.497 e. The van der Waals surface area contributed by atoms with Gasteiger partial charge < -0.3 is 24.3 Å². The number of anilines is 1. The average molecular weight is 420 g/mol. The summed E-state index contributed by atoms with van der Waals surface area (Å²) in [5.41, 5.74) is 3.47. The summed E-state index contributed by atoms with van der Waals surface area (Å²) in [5, 5.41) is 3.38. The Bertz CT molecular complexity index is 1000. The van der Waals surface area contributed by atoms with Crippen LogP contribution < -0.4 is 15.0 Å². The molecular formula is C24H29N5O2. The van der Waals surface area contributed by atoms with Crippen LogP contribution in [0.1, 0.15) is 11.5 Å². The summed E-state index contributed by atoms with van der Waals surface area (Å²) >= 11 is 0. The quantitative estimate of drug-likeness (QED) is 0.504. The highest BCUT2D eigenvalue weighted by Gasteiger charge is 2.20. The van der Waals surface area contributed by atoms with Gasteiger partial charge in [-0.1, -0.05) is 29.8 Å². The summed E-state index contributed by atoms with van der Waals surface area (Å²) in [5.74, 6) is 3.17. The molecule has 1 saturated heterocycles. The fraction of sp³-hybridized carbons (Fsp3) is 0.333. The van der Waals surface area contributed by atoms with Gasteiger partial charge in [-0.15, -0.1) is 0 Å². The van der Waals surface area contributed by atoms with Gasteiger partial charge in [-0.2, -0.15) is 0 Å². The van der Waals surface area contributed by atoms with Crippen molar-refractivity contribution in [2.45, 2.75) is 13.5 Å². The molecule has 1 N–H and O–H groups in total. The molecule has 0 aliphatic carbocycles. The summed E-state index contributed by atoms with van der Waals surface area (Å²) in [7, 11) is 3.50. The molecule has 162 valence electrons. The molecule has 1 aliphatic heterocycles. The van der Waals surface area contributed by atoms with Gasteiger partial charge >= 0.3 is 0 Å². The molecule has 0 spiro atoms.